The number of aryl methyl sites for hydroxylation is 2. The van der Waals surface area contributed by atoms with Crippen LogP contribution in [0, 0.1) is 0 Å². The van der Waals surface area contributed by atoms with Gasteiger partial charge in [-0.05, 0) is 61.4 Å². The number of sulfonamides is 1. The molecule has 1 aliphatic rings. The van der Waals surface area contributed by atoms with Gasteiger partial charge in [0.2, 0.25) is 15.9 Å². The topological polar surface area (TPSA) is 89.3 Å². The van der Waals surface area contributed by atoms with Gasteiger partial charge in [-0.15, -0.1) is 0 Å². The van der Waals surface area contributed by atoms with Crippen LogP contribution in [0.15, 0.2) is 53.4 Å². The fourth-order valence-corrected chi connectivity index (χ4v) is 4.65. The maximum atomic E-state index is 12.9. The number of hydrogen-bond donors (Lipinski definition) is 2. The third kappa shape index (κ3) is 3.45. The van der Waals surface area contributed by atoms with Crippen molar-refractivity contribution in [2.24, 2.45) is 5.73 Å². The van der Waals surface area contributed by atoms with Crippen LogP contribution in [0.3, 0.4) is 0 Å². The lowest BCUT2D eigenvalue weighted by Crippen LogP contribution is -2.52. The van der Waals surface area contributed by atoms with Gasteiger partial charge in [-0.2, -0.15) is 4.72 Å². The van der Waals surface area contributed by atoms with Crippen LogP contribution in [0.5, 0.6) is 0 Å². The van der Waals surface area contributed by atoms with E-state index in [1.165, 1.54) is 12.5 Å². The summed E-state index contributed by atoms with van der Waals surface area (Å²) in [6, 6.07) is 13.8. The lowest BCUT2D eigenvalue weighted by atomic mass is 9.92. The molecule has 0 heterocycles. The van der Waals surface area contributed by atoms with Gasteiger partial charge in [0.25, 0.3) is 0 Å². The minimum atomic E-state index is -3.90. The highest BCUT2D eigenvalue weighted by atomic mass is 32.2. The van der Waals surface area contributed by atoms with Crippen LogP contribution in [-0.2, 0) is 33.2 Å². The first-order valence-electron chi connectivity index (χ1n) is 8.34. The minimum absolute atomic E-state index is 0.163. The summed E-state index contributed by atoms with van der Waals surface area (Å²) in [5.74, 6) is -0.750. The summed E-state index contributed by atoms with van der Waals surface area (Å²) in [4.78, 5) is 12.2. The van der Waals surface area contributed by atoms with Gasteiger partial charge in [-0.25, -0.2) is 8.42 Å². The first-order valence-corrected chi connectivity index (χ1v) is 9.82. The smallest absolute Gasteiger partial charge is 0.243 e. The Balaban J connectivity index is 1.98. The Morgan fingerprint density at radius 1 is 1.04 bits per heavy atom. The van der Waals surface area contributed by atoms with Crippen molar-refractivity contribution in [2.45, 2.75) is 43.0 Å². The number of primary amides is 1. The summed E-state index contributed by atoms with van der Waals surface area (Å²) in [6.07, 6.45) is 4.05. The summed E-state index contributed by atoms with van der Waals surface area (Å²) in [5, 5.41) is 0. The minimum Gasteiger partial charge on any atom is -0.368 e. The molecule has 0 bridgehead atoms. The average Bonchev–Trinajstić information content (AvgIpc) is 2.61. The van der Waals surface area contributed by atoms with E-state index < -0.39 is 21.5 Å². The maximum Gasteiger partial charge on any atom is 0.243 e. The third-order valence-electron chi connectivity index (χ3n) is 4.81. The molecule has 0 spiro atoms. The van der Waals surface area contributed by atoms with Gasteiger partial charge in [0, 0.05) is 0 Å². The molecular formula is C19H22N2O3S. The zero-order valence-electron chi connectivity index (χ0n) is 14.2. The Morgan fingerprint density at radius 3 is 2.32 bits per heavy atom. The zero-order chi connectivity index (χ0) is 18.1. The van der Waals surface area contributed by atoms with Crippen molar-refractivity contribution in [3.8, 4) is 0 Å². The molecular weight excluding hydrogens is 336 g/mol. The molecule has 1 amide bonds. The fraction of sp³-hybridized carbons (Fsp3) is 0.316. The Hall–Kier alpha value is -2.18. The van der Waals surface area contributed by atoms with E-state index in [0.717, 1.165) is 31.2 Å². The van der Waals surface area contributed by atoms with Crippen LogP contribution in [0.25, 0.3) is 0 Å². The van der Waals surface area contributed by atoms with Gasteiger partial charge in [0.05, 0.1) is 4.90 Å². The molecule has 3 N–H and O–H groups in total. The van der Waals surface area contributed by atoms with Crippen molar-refractivity contribution < 1.29 is 13.2 Å². The highest BCUT2D eigenvalue weighted by Crippen LogP contribution is 2.27. The van der Waals surface area contributed by atoms with E-state index >= 15 is 0 Å². The number of amides is 1. The van der Waals surface area contributed by atoms with Gasteiger partial charge in [-0.3, -0.25) is 4.79 Å². The first kappa shape index (κ1) is 17.6. The van der Waals surface area contributed by atoms with E-state index in [9.17, 15) is 13.2 Å². The Morgan fingerprint density at radius 2 is 1.68 bits per heavy atom. The van der Waals surface area contributed by atoms with E-state index in [1.54, 1.807) is 42.5 Å². The number of benzene rings is 2. The maximum absolute atomic E-state index is 12.9. The van der Waals surface area contributed by atoms with E-state index in [4.69, 9.17) is 5.73 Å². The van der Waals surface area contributed by atoms with Gasteiger partial charge in [-0.1, -0.05) is 36.4 Å². The van der Waals surface area contributed by atoms with Crippen molar-refractivity contribution in [1.82, 2.24) is 4.72 Å². The molecule has 1 aliphatic carbocycles. The van der Waals surface area contributed by atoms with Crippen molar-refractivity contribution in [1.29, 1.82) is 0 Å². The summed E-state index contributed by atoms with van der Waals surface area (Å²) >= 11 is 0. The van der Waals surface area contributed by atoms with Crippen molar-refractivity contribution in [3.05, 3.63) is 65.2 Å². The third-order valence-corrected chi connectivity index (χ3v) is 6.36. The highest BCUT2D eigenvalue weighted by molar-refractivity contribution is 7.89. The Labute approximate surface area is 148 Å². The standard InChI is InChI=1S/C19H22N2O3S/c1-19(18(20)22,16-9-3-2-4-10-16)21-25(23,24)17-12-11-14-7-5-6-8-15(14)13-17/h2-4,9-13,21H,5-8H2,1H3,(H2,20,22)/t19-/m1/s1. The SMILES string of the molecule is C[C@](NS(=O)(=O)c1ccc2c(c1)CCCC2)(C(N)=O)c1ccccc1. The zero-order valence-corrected chi connectivity index (χ0v) is 15.0. The quantitative estimate of drug-likeness (QED) is 0.859. The highest BCUT2D eigenvalue weighted by Gasteiger charge is 2.38. The monoisotopic (exact) mass is 358 g/mol. The van der Waals surface area contributed by atoms with Gasteiger partial charge in [0.15, 0.2) is 0 Å². The Kier molecular flexibility index (Phi) is 4.67. The second-order valence-electron chi connectivity index (χ2n) is 6.60. The predicted molar refractivity (Wildman–Crippen MR) is 96.4 cm³/mol. The summed E-state index contributed by atoms with van der Waals surface area (Å²) in [6.45, 7) is 1.49. The molecule has 6 heteroatoms. The van der Waals surface area contributed by atoms with Gasteiger partial charge < -0.3 is 5.73 Å². The molecule has 0 saturated heterocycles. The average molecular weight is 358 g/mol. The normalized spacial score (nSPS) is 16.7. The number of nitrogens with two attached hydrogens (primary N) is 1. The van der Waals surface area contributed by atoms with Crippen molar-refractivity contribution >= 4 is 15.9 Å². The predicted octanol–water partition coefficient (Wildman–Crippen LogP) is 2.24. The molecule has 0 unspecified atom stereocenters. The fourth-order valence-electron chi connectivity index (χ4n) is 3.23. The molecule has 132 valence electrons. The summed E-state index contributed by atoms with van der Waals surface area (Å²) < 4.78 is 28.3. The second kappa shape index (κ2) is 6.61. The molecule has 1 atom stereocenters. The number of rotatable bonds is 5. The number of fused-ring (bicyclic) bond motifs is 1. The molecule has 25 heavy (non-hydrogen) atoms. The van der Waals surface area contributed by atoms with Crippen LogP contribution >= 0.6 is 0 Å². The summed E-state index contributed by atoms with van der Waals surface area (Å²) in [5.41, 5.74) is 6.78. The molecule has 0 fully saturated rings. The Bertz CT molecular complexity index is 894. The van der Waals surface area contributed by atoms with Crippen molar-refractivity contribution in [2.75, 3.05) is 0 Å². The van der Waals surface area contributed by atoms with E-state index in [2.05, 4.69) is 4.72 Å². The van der Waals surface area contributed by atoms with Gasteiger partial charge >= 0.3 is 0 Å². The molecule has 0 aliphatic heterocycles. The molecule has 2 aromatic carbocycles. The number of carbonyl (C=O) groups is 1. The lowest BCUT2D eigenvalue weighted by molar-refractivity contribution is -0.123. The lowest BCUT2D eigenvalue weighted by Gasteiger charge is -2.28. The van der Waals surface area contributed by atoms with Crippen LogP contribution in [0.1, 0.15) is 36.5 Å². The summed E-state index contributed by atoms with van der Waals surface area (Å²) in [7, 11) is -3.90. The first-order chi connectivity index (χ1) is 11.8. The van der Waals surface area contributed by atoms with Crippen molar-refractivity contribution in [3.63, 3.8) is 0 Å². The number of nitrogens with one attached hydrogen (secondary N) is 1. The van der Waals surface area contributed by atoms with E-state index in [0.29, 0.717) is 5.56 Å². The van der Waals surface area contributed by atoms with Crippen LogP contribution in [0.4, 0.5) is 0 Å². The number of carbonyl (C=O) groups excluding carboxylic acids is 1. The molecule has 0 saturated carbocycles. The molecule has 5 nitrogen and oxygen atoms in total. The molecule has 2 aromatic rings. The molecule has 0 aromatic heterocycles. The van der Waals surface area contributed by atoms with E-state index in [-0.39, 0.29) is 4.90 Å². The van der Waals surface area contributed by atoms with Crippen LogP contribution in [0.2, 0.25) is 0 Å². The second-order valence-corrected chi connectivity index (χ2v) is 8.28. The van der Waals surface area contributed by atoms with Gasteiger partial charge in [0.1, 0.15) is 5.54 Å². The van der Waals surface area contributed by atoms with Crippen LogP contribution < -0.4 is 10.5 Å². The van der Waals surface area contributed by atoms with E-state index in [1.807, 2.05) is 6.07 Å². The number of hydrogen-bond acceptors (Lipinski definition) is 3. The molecule has 0 radical (unpaired) electrons. The van der Waals surface area contributed by atoms with Crippen LogP contribution in [-0.4, -0.2) is 14.3 Å². The largest absolute Gasteiger partial charge is 0.368 e. The molecule has 3 rings (SSSR count).